The van der Waals surface area contributed by atoms with Crippen LogP contribution < -0.4 is 5.32 Å². The van der Waals surface area contributed by atoms with Crippen LogP contribution in [0.15, 0.2) is 49.1 Å². The Labute approximate surface area is 192 Å². The van der Waals surface area contributed by atoms with Crippen molar-refractivity contribution in [2.75, 3.05) is 18.4 Å². The second kappa shape index (κ2) is 8.82. The van der Waals surface area contributed by atoms with Crippen molar-refractivity contribution in [2.24, 2.45) is 0 Å². The number of H-pyrrole nitrogens is 1. The van der Waals surface area contributed by atoms with E-state index >= 15 is 0 Å². The first-order chi connectivity index (χ1) is 16.4. The van der Waals surface area contributed by atoms with Crippen LogP contribution in [-0.2, 0) is 12.7 Å². The molecule has 0 bridgehead atoms. The predicted molar refractivity (Wildman–Crippen MR) is 119 cm³/mol. The Bertz CT molecular complexity index is 1330. The van der Waals surface area contributed by atoms with Crippen LogP contribution in [0, 0.1) is 0 Å². The van der Waals surface area contributed by atoms with Gasteiger partial charge in [0, 0.05) is 29.9 Å². The zero-order chi connectivity index (χ0) is 23.7. The molecule has 1 aliphatic heterocycles. The number of nitrogens with zero attached hydrogens (tertiary/aromatic N) is 5. The van der Waals surface area contributed by atoms with Gasteiger partial charge >= 0.3 is 6.18 Å². The number of carbonyl (C=O) groups excluding carboxylic acids is 1. The van der Waals surface area contributed by atoms with E-state index in [1.165, 1.54) is 12.8 Å². The van der Waals surface area contributed by atoms with Gasteiger partial charge in [0.15, 0.2) is 17.2 Å². The average Bonchev–Trinajstić information content (AvgIpc) is 3.48. The molecule has 1 aliphatic rings. The van der Waals surface area contributed by atoms with Gasteiger partial charge in [-0.15, -0.1) is 0 Å². The van der Waals surface area contributed by atoms with Crippen LogP contribution in [0.4, 0.5) is 19.0 Å². The Balaban J connectivity index is 1.38. The smallest absolute Gasteiger partial charge is 0.304 e. The maximum atomic E-state index is 12.8. The van der Waals surface area contributed by atoms with Crippen molar-refractivity contribution in [3.05, 3.63) is 66.0 Å². The molecule has 0 radical (unpaired) electrons. The molecule has 1 amide bonds. The van der Waals surface area contributed by atoms with Crippen molar-refractivity contribution in [3.63, 3.8) is 0 Å². The summed E-state index contributed by atoms with van der Waals surface area (Å²) in [7, 11) is 0. The average molecular weight is 467 g/mol. The number of nitrogens with one attached hydrogen (secondary N) is 2. The fraction of sp³-hybridized carbons (Fsp3) is 0.261. The highest BCUT2D eigenvalue weighted by atomic mass is 19.4. The number of carbonyl (C=O) groups is 1. The molecule has 0 aliphatic carbocycles. The van der Waals surface area contributed by atoms with Crippen molar-refractivity contribution >= 4 is 22.6 Å². The highest BCUT2D eigenvalue weighted by Gasteiger charge is 2.32. The molecule has 34 heavy (non-hydrogen) atoms. The molecule has 11 heteroatoms. The molecule has 1 saturated heterocycles. The van der Waals surface area contributed by atoms with E-state index in [2.05, 4.69) is 41.4 Å². The molecule has 1 fully saturated rings. The van der Waals surface area contributed by atoms with Crippen molar-refractivity contribution in [1.82, 2.24) is 30.0 Å². The summed E-state index contributed by atoms with van der Waals surface area (Å²) < 4.78 is 38.0. The number of likely N-dealkylation sites (tertiary alicyclic amines) is 1. The van der Waals surface area contributed by atoms with Crippen LogP contribution in [0.3, 0.4) is 0 Å². The number of pyridine rings is 1. The minimum absolute atomic E-state index is 0.0970. The van der Waals surface area contributed by atoms with Crippen molar-refractivity contribution in [2.45, 2.75) is 25.6 Å². The van der Waals surface area contributed by atoms with Gasteiger partial charge in [-0.1, -0.05) is 6.07 Å². The van der Waals surface area contributed by atoms with Gasteiger partial charge in [-0.3, -0.25) is 19.8 Å². The number of anilines is 1. The summed E-state index contributed by atoms with van der Waals surface area (Å²) in [6.45, 7) is 3.02. The van der Waals surface area contributed by atoms with E-state index in [0.717, 1.165) is 42.5 Å². The highest BCUT2D eigenvalue weighted by molar-refractivity contribution is 6.11. The third-order valence-electron chi connectivity index (χ3n) is 5.69. The van der Waals surface area contributed by atoms with Crippen LogP contribution in [0.5, 0.6) is 0 Å². The Hall–Kier alpha value is -3.86. The lowest BCUT2D eigenvalue weighted by atomic mass is 10.0. The molecular weight excluding hydrogens is 447 g/mol. The molecule has 0 unspecified atom stereocenters. The number of fused-ring (bicyclic) bond motifs is 1. The highest BCUT2D eigenvalue weighted by Crippen LogP contribution is 2.28. The van der Waals surface area contributed by atoms with E-state index in [1.54, 1.807) is 6.20 Å². The molecule has 0 atom stereocenters. The molecular formula is C23H20F3N7O. The number of hydrogen-bond donors (Lipinski definition) is 2. The maximum absolute atomic E-state index is 12.8. The SMILES string of the molecule is O=C(Nc1cnc(C(F)(F)F)cn1)c1n[nH]c2ccc(-c3cncc(CN4CCCC4)c3)cc12. The van der Waals surface area contributed by atoms with Crippen LogP contribution in [-0.4, -0.2) is 49.0 Å². The lowest BCUT2D eigenvalue weighted by Crippen LogP contribution is -2.18. The normalized spacial score (nSPS) is 14.6. The van der Waals surface area contributed by atoms with Gasteiger partial charge in [-0.25, -0.2) is 9.97 Å². The second-order valence-electron chi connectivity index (χ2n) is 8.14. The maximum Gasteiger partial charge on any atom is 0.434 e. The van der Waals surface area contributed by atoms with Gasteiger partial charge < -0.3 is 5.32 Å². The molecule has 3 aromatic heterocycles. The fourth-order valence-electron chi connectivity index (χ4n) is 4.01. The van der Waals surface area contributed by atoms with Gasteiger partial charge in [0.05, 0.1) is 17.9 Å². The summed E-state index contributed by atoms with van der Waals surface area (Å²) in [4.78, 5) is 26.5. The Morgan fingerprint density at radius 3 is 2.59 bits per heavy atom. The summed E-state index contributed by atoms with van der Waals surface area (Å²) in [5.74, 6) is -0.720. The van der Waals surface area contributed by atoms with Gasteiger partial charge in [-0.2, -0.15) is 18.3 Å². The Morgan fingerprint density at radius 2 is 1.85 bits per heavy atom. The van der Waals surface area contributed by atoms with Crippen molar-refractivity contribution in [3.8, 4) is 11.1 Å². The standard InChI is InChI=1S/C23H20F3N7O/c24-23(25,26)19-11-29-20(12-28-19)30-22(34)21-17-8-15(3-4-18(17)31-32-21)16-7-14(9-27-10-16)13-33-5-1-2-6-33/h3-4,7-12H,1-2,5-6,13H2,(H,31,32)(H,29,30,34). The molecule has 2 N–H and O–H groups in total. The zero-order valence-corrected chi connectivity index (χ0v) is 17.9. The lowest BCUT2D eigenvalue weighted by Gasteiger charge is -2.14. The first kappa shape index (κ1) is 22.0. The minimum atomic E-state index is -4.61. The first-order valence-electron chi connectivity index (χ1n) is 10.7. The van der Waals surface area contributed by atoms with Crippen molar-refractivity contribution < 1.29 is 18.0 Å². The number of rotatable bonds is 5. The van der Waals surface area contributed by atoms with Crippen LogP contribution in [0.25, 0.3) is 22.0 Å². The van der Waals surface area contributed by atoms with E-state index in [0.29, 0.717) is 17.1 Å². The zero-order valence-electron chi connectivity index (χ0n) is 17.9. The molecule has 5 rings (SSSR count). The Kier molecular flexibility index (Phi) is 5.70. The van der Waals surface area contributed by atoms with E-state index in [4.69, 9.17) is 0 Å². The summed E-state index contributed by atoms with van der Waals surface area (Å²) in [6.07, 6.45) is 2.89. The topological polar surface area (TPSA) is 99.7 Å². The third-order valence-corrected chi connectivity index (χ3v) is 5.69. The molecule has 1 aromatic carbocycles. The summed E-state index contributed by atoms with van der Waals surface area (Å²) in [6, 6.07) is 7.66. The van der Waals surface area contributed by atoms with E-state index in [9.17, 15) is 18.0 Å². The van der Waals surface area contributed by atoms with Crippen LogP contribution in [0.1, 0.15) is 34.6 Å². The van der Waals surface area contributed by atoms with Gasteiger partial charge in [0.25, 0.3) is 5.91 Å². The van der Waals surface area contributed by atoms with E-state index in [1.807, 2.05) is 24.4 Å². The number of aromatic amines is 1. The third kappa shape index (κ3) is 4.60. The quantitative estimate of drug-likeness (QED) is 0.455. The summed E-state index contributed by atoms with van der Waals surface area (Å²) in [5.41, 5.74) is 2.51. The van der Waals surface area contributed by atoms with E-state index < -0.39 is 17.8 Å². The van der Waals surface area contributed by atoms with Gasteiger partial charge in [0.1, 0.15) is 0 Å². The number of amides is 1. The van der Waals surface area contributed by atoms with Crippen LogP contribution >= 0.6 is 0 Å². The van der Waals surface area contributed by atoms with Gasteiger partial charge in [0.2, 0.25) is 0 Å². The minimum Gasteiger partial charge on any atom is -0.304 e. The molecule has 4 heterocycles. The van der Waals surface area contributed by atoms with E-state index in [-0.39, 0.29) is 11.5 Å². The monoisotopic (exact) mass is 467 g/mol. The molecule has 0 spiro atoms. The van der Waals surface area contributed by atoms with Crippen LogP contribution in [0.2, 0.25) is 0 Å². The lowest BCUT2D eigenvalue weighted by molar-refractivity contribution is -0.141. The molecule has 8 nitrogen and oxygen atoms in total. The largest absolute Gasteiger partial charge is 0.434 e. The number of aromatic nitrogens is 5. The number of alkyl halides is 3. The second-order valence-corrected chi connectivity index (χ2v) is 8.14. The number of hydrogen-bond acceptors (Lipinski definition) is 6. The van der Waals surface area contributed by atoms with Gasteiger partial charge in [-0.05, 0) is 55.3 Å². The summed E-state index contributed by atoms with van der Waals surface area (Å²) in [5, 5.41) is 9.90. The Morgan fingerprint density at radius 1 is 1.03 bits per heavy atom. The van der Waals surface area contributed by atoms with Crippen molar-refractivity contribution in [1.29, 1.82) is 0 Å². The predicted octanol–water partition coefficient (Wildman–Crippen LogP) is 4.28. The summed E-state index contributed by atoms with van der Waals surface area (Å²) >= 11 is 0. The number of benzene rings is 1. The molecule has 0 saturated carbocycles. The number of halogens is 3. The molecule has 4 aromatic rings. The fourth-order valence-corrected chi connectivity index (χ4v) is 4.01. The first-order valence-corrected chi connectivity index (χ1v) is 10.7. The molecule has 174 valence electrons.